The summed E-state index contributed by atoms with van der Waals surface area (Å²) in [5.74, 6) is 2.26. The summed E-state index contributed by atoms with van der Waals surface area (Å²) >= 11 is 1.96. The van der Waals surface area contributed by atoms with Crippen LogP contribution in [-0.4, -0.2) is 5.75 Å². The maximum atomic E-state index is 13.6. The van der Waals surface area contributed by atoms with Crippen LogP contribution in [0.15, 0.2) is 17.0 Å². The summed E-state index contributed by atoms with van der Waals surface area (Å²) in [5, 5.41) is 13.6. The lowest BCUT2D eigenvalue weighted by molar-refractivity contribution is 0.336. The lowest BCUT2D eigenvalue weighted by Crippen LogP contribution is -2.01. The first-order valence-corrected chi connectivity index (χ1v) is 17.0. The zero-order valence-corrected chi connectivity index (χ0v) is 25.8. The summed E-state index contributed by atoms with van der Waals surface area (Å²) in [7, 11) is 0. The molecule has 0 aliphatic carbocycles. The average molecular weight is 518 g/mol. The average Bonchev–Trinajstić information content (AvgIpc) is 2.87. The van der Waals surface area contributed by atoms with Crippen LogP contribution in [0.5, 0.6) is 5.75 Å². The minimum Gasteiger partial charge on any atom is -0.289 e. The fourth-order valence-corrected chi connectivity index (χ4v) is 6.36. The summed E-state index contributed by atoms with van der Waals surface area (Å²) < 4.78 is 0. The Morgan fingerprint density at radius 2 is 0.917 bits per heavy atom. The van der Waals surface area contributed by atoms with E-state index in [2.05, 4.69) is 46.8 Å². The maximum Gasteiger partial charge on any atom is 0.185 e. The van der Waals surface area contributed by atoms with Gasteiger partial charge in [0, 0.05) is 16.0 Å². The Kier molecular flexibility index (Phi) is 20.7. The van der Waals surface area contributed by atoms with E-state index in [1.54, 1.807) is 0 Å². The monoisotopic (exact) mass is 517 g/mol. The molecule has 0 heterocycles. The molecule has 1 nitrogen and oxygen atoms in total. The van der Waals surface area contributed by atoms with Crippen molar-refractivity contribution in [2.75, 3.05) is 5.75 Å². The van der Waals surface area contributed by atoms with Crippen LogP contribution in [0.25, 0.3) is 0 Å². The van der Waals surface area contributed by atoms with Gasteiger partial charge in [0.05, 0.1) is 0 Å². The molecule has 0 saturated carbocycles. The van der Waals surface area contributed by atoms with E-state index in [0.29, 0.717) is 17.6 Å². The highest BCUT2D eigenvalue weighted by molar-refractivity contribution is 7.99. The SMILES string of the molecule is CCCCCCCCCCC(C)c1cc(SCCCC)cc(C(C)CCCCCCCCCC)c1[O]. The van der Waals surface area contributed by atoms with Crippen molar-refractivity contribution in [1.29, 1.82) is 0 Å². The molecule has 2 unspecified atom stereocenters. The van der Waals surface area contributed by atoms with Gasteiger partial charge in [-0.3, -0.25) is 5.11 Å². The Bertz CT molecular complexity index is 593. The molecule has 0 N–H and O–H groups in total. The van der Waals surface area contributed by atoms with E-state index in [0.717, 1.165) is 29.7 Å². The van der Waals surface area contributed by atoms with Crippen LogP contribution in [0.1, 0.15) is 186 Å². The third-order valence-corrected chi connectivity index (χ3v) is 8.99. The fourth-order valence-electron chi connectivity index (χ4n) is 5.28. The van der Waals surface area contributed by atoms with Gasteiger partial charge in [-0.2, -0.15) is 0 Å². The van der Waals surface area contributed by atoms with E-state index in [1.165, 1.54) is 120 Å². The van der Waals surface area contributed by atoms with Crippen LogP contribution in [0.4, 0.5) is 0 Å². The van der Waals surface area contributed by atoms with Crippen molar-refractivity contribution in [2.24, 2.45) is 0 Å². The molecule has 0 saturated heterocycles. The predicted molar refractivity (Wildman–Crippen MR) is 163 cm³/mol. The van der Waals surface area contributed by atoms with Crippen LogP contribution in [-0.2, 0) is 5.11 Å². The van der Waals surface area contributed by atoms with Crippen LogP contribution < -0.4 is 0 Å². The van der Waals surface area contributed by atoms with Crippen molar-refractivity contribution in [3.05, 3.63) is 23.3 Å². The third kappa shape index (κ3) is 14.9. The zero-order chi connectivity index (χ0) is 26.4. The van der Waals surface area contributed by atoms with Gasteiger partial charge in [0.25, 0.3) is 0 Å². The van der Waals surface area contributed by atoms with Crippen molar-refractivity contribution in [1.82, 2.24) is 0 Å². The second-order valence-electron chi connectivity index (χ2n) is 11.5. The lowest BCUT2D eigenvalue weighted by atomic mass is 9.87. The Morgan fingerprint density at radius 3 is 1.31 bits per heavy atom. The molecular formula is C34H61OS. The number of hydrogen-bond acceptors (Lipinski definition) is 1. The molecule has 0 fully saturated rings. The Labute approximate surface area is 231 Å². The van der Waals surface area contributed by atoms with Gasteiger partial charge < -0.3 is 0 Å². The van der Waals surface area contributed by atoms with Crippen LogP contribution in [0.3, 0.4) is 0 Å². The van der Waals surface area contributed by atoms with Crippen molar-refractivity contribution >= 4 is 11.8 Å². The number of rotatable bonds is 24. The number of unbranched alkanes of at least 4 members (excludes halogenated alkanes) is 15. The predicted octanol–water partition coefficient (Wildman–Crippen LogP) is 13.0. The maximum absolute atomic E-state index is 13.6. The number of benzene rings is 1. The quantitative estimate of drug-likeness (QED) is 0.0985. The number of hydrogen-bond donors (Lipinski definition) is 0. The first kappa shape index (κ1) is 33.4. The van der Waals surface area contributed by atoms with E-state index in [-0.39, 0.29) is 0 Å². The molecule has 36 heavy (non-hydrogen) atoms. The first-order chi connectivity index (χ1) is 17.5. The molecule has 2 atom stereocenters. The molecule has 1 aromatic rings. The van der Waals surface area contributed by atoms with Crippen LogP contribution in [0.2, 0.25) is 0 Å². The molecular weight excluding hydrogens is 456 g/mol. The third-order valence-electron chi connectivity index (χ3n) is 7.93. The van der Waals surface area contributed by atoms with Crippen LogP contribution >= 0.6 is 11.8 Å². The normalized spacial score (nSPS) is 13.2. The Balaban J connectivity index is 2.65. The molecule has 0 aliphatic heterocycles. The topological polar surface area (TPSA) is 19.9 Å². The zero-order valence-electron chi connectivity index (χ0n) is 25.0. The minimum atomic E-state index is 0.356. The molecule has 0 bridgehead atoms. The summed E-state index contributed by atoms with van der Waals surface area (Å²) in [6.45, 7) is 11.4. The fraction of sp³-hybridized carbons (Fsp3) is 0.824. The van der Waals surface area contributed by atoms with Gasteiger partial charge in [-0.15, -0.1) is 11.8 Å². The Hall–Kier alpha value is -0.630. The Morgan fingerprint density at radius 1 is 0.556 bits per heavy atom. The first-order valence-electron chi connectivity index (χ1n) is 16.0. The highest BCUT2D eigenvalue weighted by Gasteiger charge is 2.20. The van der Waals surface area contributed by atoms with Gasteiger partial charge in [-0.05, 0) is 49.0 Å². The largest absolute Gasteiger partial charge is 0.289 e. The van der Waals surface area contributed by atoms with E-state index in [9.17, 15) is 5.11 Å². The highest BCUT2D eigenvalue weighted by Crippen LogP contribution is 2.41. The summed E-state index contributed by atoms with van der Waals surface area (Å²) in [4.78, 5) is 1.33. The van der Waals surface area contributed by atoms with Gasteiger partial charge in [0.15, 0.2) is 5.75 Å². The van der Waals surface area contributed by atoms with Gasteiger partial charge >= 0.3 is 0 Å². The van der Waals surface area contributed by atoms with E-state index < -0.39 is 0 Å². The minimum absolute atomic E-state index is 0.356. The molecule has 0 aliphatic rings. The molecule has 0 spiro atoms. The van der Waals surface area contributed by atoms with Gasteiger partial charge in [0.1, 0.15) is 0 Å². The van der Waals surface area contributed by atoms with Crippen molar-refractivity contribution < 1.29 is 5.11 Å². The van der Waals surface area contributed by atoms with Gasteiger partial charge in [-0.1, -0.05) is 144 Å². The van der Waals surface area contributed by atoms with E-state index in [1.807, 2.05) is 11.8 Å². The molecule has 1 rings (SSSR count). The standard InChI is InChI=1S/C34H61OS/c1-6-9-12-14-16-18-20-22-24-29(4)32-27-31(36-26-11-8-3)28-33(34(32)35)30(5)25-23-21-19-17-15-13-10-7-2/h27-30H,6-26H2,1-5H3. The molecule has 209 valence electrons. The lowest BCUT2D eigenvalue weighted by Gasteiger charge is -2.20. The van der Waals surface area contributed by atoms with Gasteiger partial charge in [-0.25, -0.2) is 0 Å². The van der Waals surface area contributed by atoms with Crippen molar-refractivity contribution in [3.63, 3.8) is 0 Å². The number of thioether (sulfide) groups is 1. The van der Waals surface area contributed by atoms with Crippen LogP contribution in [0, 0.1) is 0 Å². The molecule has 1 aromatic carbocycles. The molecule has 2 heteroatoms. The summed E-state index contributed by atoms with van der Waals surface area (Å²) in [6.07, 6.45) is 26.4. The van der Waals surface area contributed by atoms with Gasteiger partial charge in [0.2, 0.25) is 0 Å². The van der Waals surface area contributed by atoms with Crippen molar-refractivity contribution in [2.45, 2.75) is 180 Å². The smallest absolute Gasteiger partial charge is 0.185 e. The summed E-state index contributed by atoms with van der Waals surface area (Å²) in [6, 6.07) is 4.51. The summed E-state index contributed by atoms with van der Waals surface area (Å²) in [5.41, 5.74) is 2.19. The van der Waals surface area contributed by atoms with Crippen molar-refractivity contribution in [3.8, 4) is 5.75 Å². The molecule has 0 aromatic heterocycles. The van der Waals surface area contributed by atoms with E-state index >= 15 is 0 Å². The highest BCUT2D eigenvalue weighted by atomic mass is 32.2. The molecule has 1 radical (unpaired) electrons. The van der Waals surface area contributed by atoms with E-state index in [4.69, 9.17) is 0 Å². The second-order valence-corrected chi connectivity index (χ2v) is 12.6. The second kappa shape index (κ2) is 22.4. The molecule has 0 amide bonds.